The number of rotatable bonds is 3. The van der Waals surface area contributed by atoms with E-state index in [1.165, 1.54) is 0 Å². The molecular weight excluding hydrogens is 510 g/mol. The summed E-state index contributed by atoms with van der Waals surface area (Å²) in [6.45, 7) is 1.95. The van der Waals surface area contributed by atoms with Crippen LogP contribution in [0.1, 0.15) is 44.9 Å². The van der Waals surface area contributed by atoms with E-state index < -0.39 is 46.9 Å². The summed E-state index contributed by atoms with van der Waals surface area (Å²) in [6, 6.07) is 20.9. The molecule has 3 atom stereocenters. The van der Waals surface area contributed by atoms with E-state index in [1.54, 1.807) is 60.7 Å². The summed E-state index contributed by atoms with van der Waals surface area (Å²) in [5.41, 5.74) is 0.328. The number of ketones is 2. The van der Waals surface area contributed by atoms with Crippen molar-refractivity contribution in [2.45, 2.75) is 25.0 Å². The zero-order valence-electron chi connectivity index (χ0n) is 18.7. The number of ether oxygens (including phenoxy) is 1. The van der Waals surface area contributed by atoms with Gasteiger partial charge in [-0.25, -0.2) is 4.90 Å². The average Bonchev–Trinajstić information content (AvgIpc) is 3.44. The zero-order chi connectivity index (χ0) is 24.5. The largest absolute Gasteiger partial charge is 0.349 e. The molecule has 0 radical (unpaired) electrons. The molecular formula is C28H20BrNO5. The maximum atomic E-state index is 14.0. The molecule has 1 spiro atoms. The van der Waals surface area contributed by atoms with Gasteiger partial charge in [-0.05, 0) is 35.7 Å². The summed E-state index contributed by atoms with van der Waals surface area (Å²) in [5.74, 6) is -4.40. The third-order valence-electron chi connectivity index (χ3n) is 7.33. The first-order chi connectivity index (χ1) is 16.9. The Balaban J connectivity index is 1.55. The lowest BCUT2D eigenvalue weighted by molar-refractivity contribution is -0.127. The minimum atomic E-state index is -2.06. The molecule has 2 heterocycles. The van der Waals surface area contributed by atoms with E-state index in [9.17, 15) is 19.2 Å². The van der Waals surface area contributed by atoms with E-state index >= 15 is 0 Å². The molecule has 35 heavy (non-hydrogen) atoms. The smallest absolute Gasteiger partial charge is 0.241 e. The van der Waals surface area contributed by atoms with Crippen molar-refractivity contribution in [3.8, 4) is 0 Å². The van der Waals surface area contributed by atoms with Crippen molar-refractivity contribution in [1.82, 2.24) is 0 Å². The number of nitrogens with zero attached hydrogens (tertiary/aromatic N) is 1. The highest BCUT2D eigenvalue weighted by Gasteiger charge is 2.74. The number of hydrogen-bond donors (Lipinski definition) is 0. The fourth-order valence-corrected chi connectivity index (χ4v) is 6.00. The molecule has 7 heteroatoms. The van der Waals surface area contributed by atoms with Crippen LogP contribution in [0.4, 0.5) is 5.69 Å². The Bertz CT molecular complexity index is 1390. The Labute approximate surface area is 210 Å². The Kier molecular flexibility index (Phi) is 4.92. The van der Waals surface area contributed by atoms with Crippen LogP contribution in [0.5, 0.6) is 0 Å². The molecule has 2 amide bonds. The lowest BCUT2D eigenvalue weighted by atomic mass is 9.77. The van der Waals surface area contributed by atoms with E-state index in [-0.39, 0.29) is 11.1 Å². The molecule has 0 aromatic heterocycles. The van der Waals surface area contributed by atoms with Crippen molar-refractivity contribution < 1.29 is 23.9 Å². The van der Waals surface area contributed by atoms with Gasteiger partial charge in [0.05, 0.1) is 23.6 Å². The number of fused-ring (bicyclic) bond motifs is 3. The molecule has 0 N–H and O–H groups in total. The highest BCUT2D eigenvalue weighted by molar-refractivity contribution is 9.10. The number of hydrogen-bond acceptors (Lipinski definition) is 5. The number of aryl methyl sites for hydroxylation is 1. The lowest BCUT2D eigenvalue weighted by Gasteiger charge is -2.28. The summed E-state index contributed by atoms with van der Waals surface area (Å²) in [4.78, 5) is 56.7. The summed E-state index contributed by atoms with van der Waals surface area (Å²) >= 11 is 3.41. The number of carbonyl (C=O) groups excluding carboxylic acids is 4. The zero-order valence-corrected chi connectivity index (χ0v) is 20.3. The van der Waals surface area contributed by atoms with Gasteiger partial charge < -0.3 is 4.74 Å². The summed E-state index contributed by atoms with van der Waals surface area (Å²) in [5, 5.41) is 0. The highest BCUT2D eigenvalue weighted by atomic mass is 79.9. The second-order valence-corrected chi connectivity index (χ2v) is 9.94. The number of imide groups is 1. The van der Waals surface area contributed by atoms with Crippen molar-refractivity contribution in [3.63, 3.8) is 0 Å². The standard InChI is InChI=1S/C28H20BrNO5/c1-2-15-7-3-6-10-20(15)30-26(33)21-22(27(30)34)28(35-23(21)16-11-13-17(29)14-12-16)24(31)18-8-4-5-9-19(18)25(28)32/h3-14,21-23H,2H2,1H3/t21-,22+,23-/m1/s1. The maximum absolute atomic E-state index is 14.0. The Morgan fingerprint density at radius 3 is 2.06 bits per heavy atom. The minimum absolute atomic E-state index is 0.223. The first kappa shape index (κ1) is 22.1. The molecule has 0 unspecified atom stereocenters. The monoisotopic (exact) mass is 529 g/mol. The molecule has 1 aliphatic carbocycles. The minimum Gasteiger partial charge on any atom is -0.349 e. The predicted octanol–water partition coefficient (Wildman–Crippen LogP) is 4.71. The first-order valence-corrected chi connectivity index (χ1v) is 12.3. The second-order valence-electron chi connectivity index (χ2n) is 9.03. The Morgan fingerprint density at radius 1 is 0.829 bits per heavy atom. The van der Waals surface area contributed by atoms with Crippen molar-refractivity contribution in [2.24, 2.45) is 11.8 Å². The van der Waals surface area contributed by atoms with E-state index in [1.807, 2.05) is 19.1 Å². The van der Waals surface area contributed by atoms with Crippen LogP contribution in [0.2, 0.25) is 0 Å². The Hall–Kier alpha value is -3.42. The normalized spacial score (nSPS) is 24.4. The van der Waals surface area contributed by atoms with Crippen molar-refractivity contribution in [2.75, 3.05) is 4.90 Å². The van der Waals surface area contributed by atoms with Gasteiger partial charge in [-0.3, -0.25) is 19.2 Å². The number of carbonyl (C=O) groups is 4. The third-order valence-corrected chi connectivity index (χ3v) is 7.86. The van der Waals surface area contributed by atoms with E-state index in [2.05, 4.69) is 15.9 Å². The molecule has 6 nitrogen and oxygen atoms in total. The van der Waals surface area contributed by atoms with E-state index in [4.69, 9.17) is 4.74 Å². The fourth-order valence-electron chi connectivity index (χ4n) is 5.74. The van der Waals surface area contributed by atoms with E-state index in [0.717, 1.165) is 14.9 Å². The van der Waals surface area contributed by atoms with Gasteiger partial charge in [-0.1, -0.05) is 77.5 Å². The van der Waals surface area contributed by atoms with Crippen LogP contribution in [-0.4, -0.2) is 29.0 Å². The number of para-hydroxylation sites is 1. The molecule has 3 aromatic carbocycles. The molecule has 6 rings (SSSR count). The van der Waals surface area contributed by atoms with Crippen LogP contribution in [0.3, 0.4) is 0 Å². The van der Waals surface area contributed by atoms with Crippen LogP contribution in [0.15, 0.2) is 77.3 Å². The average molecular weight is 530 g/mol. The van der Waals surface area contributed by atoms with Gasteiger partial charge in [-0.2, -0.15) is 0 Å². The van der Waals surface area contributed by atoms with Gasteiger partial charge >= 0.3 is 0 Å². The number of Topliss-reactive ketones (excluding diaryl/α,β-unsaturated/α-hetero) is 2. The van der Waals surface area contributed by atoms with E-state index in [0.29, 0.717) is 17.7 Å². The molecule has 3 aromatic rings. The summed E-state index contributed by atoms with van der Waals surface area (Å²) in [6.07, 6.45) is -0.311. The number of halogens is 1. The van der Waals surface area contributed by atoms with Crippen molar-refractivity contribution in [1.29, 1.82) is 0 Å². The Morgan fingerprint density at radius 2 is 1.43 bits per heavy atom. The van der Waals surface area contributed by atoms with Gasteiger partial charge in [0.15, 0.2) is 0 Å². The SMILES string of the molecule is CCc1ccccc1N1C(=O)[C@H]2[C@@H](c3ccc(Br)cc3)OC3(C(=O)c4ccccc4C3=O)[C@@H]2C1=O. The molecule has 174 valence electrons. The second kappa shape index (κ2) is 7.80. The van der Waals surface area contributed by atoms with Crippen LogP contribution in [0, 0.1) is 11.8 Å². The molecule has 2 saturated heterocycles. The fraction of sp³-hybridized carbons (Fsp3) is 0.214. The lowest BCUT2D eigenvalue weighted by Crippen LogP contribution is -2.51. The van der Waals surface area contributed by atoms with Gasteiger partial charge in [-0.15, -0.1) is 0 Å². The maximum Gasteiger partial charge on any atom is 0.241 e. The van der Waals surface area contributed by atoms with Crippen LogP contribution in [0.25, 0.3) is 0 Å². The third kappa shape index (κ3) is 2.85. The predicted molar refractivity (Wildman–Crippen MR) is 131 cm³/mol. The summed E-state index contributed by atoms with van der Waals surface area (Å²) < 4.78 is 7.14. The molecule has 2 fully saturated rings. The van der Waals surface area contributed by atoms with Gasteiger partial charge in [0, 0.05) is 15.6 Å². The number of anilines is 1. The van der Waals surface area contributed by atoms with Gasteiger partial charge in [0.2, 0.25) is 29.0 Å². The first-order valence-electron chi connectivity index (χ1n) is 11.5. The molecule has 0 bridgehead atoms. The number of benzene rings is 3. The van der Waals surface area contributed by atoms with Crippen LogP contribution < -0.4 is 4.90 Å². The molecule has 3 aliphatic rings. The van der Waals surface area contributed by atoms with Gasteiger partial charge in [0.25, 0.3) is 0 Å². The van der Waals surface area contributed by atoms with Crippen LogP contribution in [-0.2, 0) is 20.7 Å². The quantitative estimate of drug-likeness (QED) is 0.362. The van der Waals surface area contributed by atoms with Crippen molar-refractivity contribution >= 4 is 45.0 Å². The highest BCUT2D eigenvalue weighted by Crippen LogP contribution is 2.57. The molecule has 2 aliphatic heterocycles. The summed E-state index contributed by atoms with van der Waals surface area (Å²) in [7, 11) is 0. The van der Waals surface area contributed by atoms with Crippen molar-refractivity contribution in [3.05, 3.63) is 99.5 Å². The molecule has 0 saturated carbocycles. The van der Waals surface area contributed by atoms with Gasteiger partial charge in [0.1, 0.15) is 0 Å². The number of amides is 2. The topological polar surface area (TPSA) is 80.8 Å². The van der Waals surface area contributed by atoms with Crippen LogP contribution >= 0.6 is 15.9 Å².